The van der Waals surface area contributed by atoms with Gasteiger partial charge in [0.1, 0.15) is 11.6 Å². The Bertz CT molecular complexity index is 330. The molecule has 2 unspecified atom stereocenters. The average molecular weight is 212 g/mol. The van der Waals surface area contributed by atoms with Crippen LogP contribution in [0.4, 0.5) is 8.78 Å². The van der Waals surface area contributed by atoms with E-state index in [2.05, 4.69) is 0 Å². The molecule has 3 heteroatoms. The van der Waals surface area contributed by atoms with Gasteiger partial charge in [-0.15, -0.1) is 0 Å². The minimum atomic E-state index is -1.04. The van der Waals surface area contributed by atoms with Crippen LogP contribution in [0.5, 0.6) is 0 Å². The molecule has 1 aromatic carbocycles. The van der Waals surface area contributed by atoms with Gasteiger partial charge >= 0.3 is 0 Å². The summed E-state index contributed by atoms with van der Waals surface area (Å²) in [5, 5.41) is 0. The normalized spacial score (nSPS) is 14.7. The van der Waals surface area contributed by atoms with Crippen LogP contribution in [0.2, 0.25) is 0 Å². The number of benzene rings is 1. The van der Waals surface area contributed by atoms with Crippen LogP contribution in [-0.4, -0.2) is 12.0 Å². The Morgan fingerprint density at radius 2 is 1.87 bits per heavy atom. The molecule has 0 spiro atoms. The number of rotatable bonds is 4. The van der Waals surface area contributed by atoms with Crippen molar-refractivity contribution < 1.29 is 13.6 Å². The number of hydrogen-bond donors (Lipinski definition) is 0. The molecule has 0 amide bonds. The van der Waals surface area contributed by atoms with Gasteiger partial charge in [-0.05, 0) is 38.0 Å². The van der Waals surface area contributed by atoms with E-state index in [0.29, 0.717) is 5.56 Å². The van der Waals surface area contributed by atoms with Gasteiger partial charge in [-0.2, -0.15) is 0 Å². The molecule has 0 aliphatic heterocycles. The molecule has 0 fully saturated rings. The molecular formula is C12H14F2O. The Morgan fingerprint density at radius 1 is 1.33 bits per heavy atom. The summed E-state index contributed by atoms with van der Waals surface area (Å²) in [5.74, 6) is -0.911. The van der Waals surface area contributed by atoms with Gasteiger partial charge in [0.25, 0.3) is 0 Å². The van der Waals surface area contributed by atoms with Crippen LogP contribution in [0, 0.1) is 5.82 Å². The van der Waals surface area contributed by atoms with Crippen molar-refractivity contribution in [2.45, 2.75) is 32.4 Å². The van der Waals surface area contributed by atoms with Gasteiger partial charge in [-0.1, -0.05) is 12.1 Å². The molecule has 15 heavy (non-hydrogen) atoms. The number of carbonyl (C=O) groups is 1. The van der Waals surface area contributed by atoms with E-state index in [1.165, 1.54) is 38.1 Å². The number of carbonyl (C=O) groups excluding carboxylic acids is 1. The van der Waals surface area contributed by atoms with E-state index in [1.54, 1.807) is 0 Å². The molecule has 1 aromatic rings. The highest BCUT2D eigenvalue weighted by Gasteiger charge is 2.19. The molecule has 1 nitrogen and oxygen atoms in total. The lowest BCUT2D eigenvalue weighted by Crippen LogP contribution is -2.13. The lowest BCUT2D eigenvalue weighted by molar-refractivity contribution is -0.118. The maximum absolute atomic E-state index is 12.9. The molecule has 0 saturated carbocycles. The Kier molecular flexibility index (Phi) is 3.95. The third-order valence-electron chi connectivity index (χ3n) is 2.32. The first-order chi connectivity index (χ1) is 7.00. The standard InChI is InChI=1S/C12H14F2O/c1-8(13)7-12(9(2)15)10-3-5-11(14)6-4-10/h3-6,8,12H,7H2,1-2H3. The largest absolute Gasteiger partial charge is 0.299 e. The minimum absolute atomic E-state index is 0.0916. The number of Topliss-reactive ketones (excluding diaryl/α,β-unsaturated/α-hetero) is 1. The summed E-state index contributed by atoms with van der Waals surface area (Å²) in [5.41, 5.74) is 0.674. The van der Waals surface area contributed by atoms with Crippen molar-refractivity contribution in [2.75, 3.05) is 0 Å². The first-order valence-electron chi connectivity index (χ1n) is 4.90. The maximum atomic E-state index is 12.9. The fraction of sp³-hybridized carbons (Fsp3) is 0.417. The Morgan fingerprint density at radius 3 is 2.27 bits per heavy atom. The topological polar surface area (TPSA) is 17.1 Å². The second-order valence-corrected chi connectivity index (χ2v) is 3.73. The zero-order chi connectivity index (χ0) is 11.4. The SMILES string of the molecule is CC(=O)C(CC(C)F)c1ccc(F)cc1. The average Bonchev–Trinajstić information content (AvgIpc) is 2.15. The van der Waals surface area contributed by atoms with Crippen molar-refractivity contribution in [3.63, 3.8) is 0 Å². The highest BCUT2D eigenvalue weighted by molar-refractivity contribution is 5.83. The summed E-state index contributed by atoms with van der Waals surface area (Å²) >= 11 is 0. The summed E-state index contributed by atoms with van der Waals surface area (Å²) in [6.07, 6.45) is -0.884. The van der Waals surface area contributed by atoms with Crippen LogP contribution < -0.4 is 0 Å². The summed E-state index contributed by atoms with van der Waals surface area (Å²) < 4.78 is 25.5. The van der Waals surface area contributed by atoms with E-state index >= 15 is 0 Å². The van der Waals surface area contributed by atoms with Crippen LogP contribution in [0.15, 0.2) is 24.3 Å². The van der Waals surface area contributed by atoms with E-state index in [0.717, 1.165) is 0 Å². The van der Waals surface area contributed by atoms with Crippen molar-refractivity contribution >= 4 is 5.78 Å². The first kappa shape index (κ1) is 11.8. The zero-order valence-corrected chi connectivity index (χ0v) is 8.84. The van der Waals surface area contributed by atoms with Crippen molar-refractivity contribution in [1.82, 2.24) is 0 Å². The first-order valence-corrected chi connectivity index (χ1v) is 4.90. The number of alkyl halides is 1. The monoisotopic (exact) mass is 212 g/mol. The van der Waals surface area contributed by atoms with Crippen molar-refractivity contribution in [1.29, 1.82) is 0 Å². The fourth-order valence-electron chi connectivity index (χ4n) is 1.56. The molecular weight excluding hydrogens is 198 g/mol. The van der Waals surface area contributed by atoms with Gasteiger partial charge < -0.3 is 0 Å². The van der Waals surface area contributed by atoms with Gasteiger partial charge in [0.15, 0.2) is 0 Å². The highest BCUT2D eigenvalue weighted by Crippen LogP contribution is 2.23. The predicted octanol–water partition coefficient (Wildman–Crippen LogP) is 3.25. The van der Waals surface area contributed by atoms with Crippen LogP contribution in [0.1, 0.15) is 31.7 Å². The van der Waals surface area contributed by atoms with Crippen LogP contribution in [0.3, 0.4) is 0 Å². The van der Waals surface area contributed by atoms with E-state index < -0.39 is 12.1 Å². The molecule has 0 bridgehead atoms. The van der Waals surface area contributed by atoms with Gasteiger partial charge in [-0.3, -0.25) is 4.79 Å². The van der Waals surface area contributed by atoms with Crippen molar-refractivity contribution in [2.24, 2.45) is 0 Å². The third kappa shape index (κ3) is 3.42. The molecule has 0 radical (unpaired) electrons. The Labute approximate surface area is 88.1 Å². The fourth-order valence-corrected chi connectivity index (χ4v) is 1.56. The summed E-state index contributed by atoms with van der Waals surface area (Å²) in [4.78, 5) is 11.3. The second-order valence-electron chi connectivity index (χ2n) is 3.73. The lowest BCUT2D eigenvalue weighted by atomic mass is 9.91. The van der Waals surface area contributed by atoms with E-state index in [4.69, 9.17) is 0 Å². The number of hydrogen-bond acceptors (Lipinski definition) is 1. The maximum Gasteiger partial charge on any atom is 0.137 e. The van der Waals surface area contributed by atoms with Crippen molar-refractivity contribution in [3.8, 4) is 0 Å². The van der Waals surface area contributed by atoms with Crippen LogP contribution in [0.25, 0.3) is 0 Å². The number of halogens is 2. The molecule has 0 aliphatic carbocycles. The molecule has 0 heterocycles. The van der Waals surface area contributed by atoms with Crippen LogP contribution >= 0.6 is 0 Å². The minimum Gasteiger partial charge on any atom is -0.299 e. The molecule has 82 valence electrons. The Hall–Kier alpha value is -1.25. The van der Waals surface area contributed by atoms with Gasteiger partial charge in [0, 0.05) is 5.92 Å². The van der Waals surface area contributed by atoms with Crippen LogP contribution in [-0.2, 0) is 4.79 Å². The number of ketones is 1. The summed E-state index contributed by atoms with van der Waals surface area (Å²) in [7, 11) is 0. The zero-order valence-electron chi connectivity index (χ0n) is 8.84. The van der Waals surface area contributed by atoms with Crippen molar-refractivity contribution in [3.05, 3.63) is 35.6 Å². The van der Waals surface area contributed by atoms with E-state index in [1.807, 2.05) is 0 Å². The smallest absolute Gasteiger partial charge is 0.137 e. The highest BCUT2D eigenvalue weighted by atomic mass is 19.1. The van der Waals surface area contributed by atoms with E-state index in [-0.39, 0.29) is 18.0 Å². The van der Waals surface area contributed by atoms with Gasteiger partial charge in [0.2, 0.25) is 0 Å². The second kappa shape index (κ2) is 5.01. The molecule has 0 aliphatic rings. The molecule has 2 atom stereocenters. The predicted molar refractivity (Wildman–Crippen MR) is 55.0 cm³/mol. The Balaban J connectivity index is 2.89. The van der Waals surface area contributed by atoms with Gasteiger partial charge in [-0.25, -0.2) is 8.78 Å². The molecule has 0 saturated heterocycles. The summed E-state index contributed by atoms with van der Waals surface area (Å²) in [6, 6.07) is 5.63. The molecule has 1 rings (SSSR count). The quantitative estimate of drug-likeness (QED) is 0.748. The summed E-state index contributed by atoms with van der Waals surface area (Å²) in [6.45, 7) is 2.84. The third-order valence-corrected chi connectivity index (χ3v) is 2.32. The lowest BCUT2D eigenvalue weighted by Gasteiger charge is -2.14. The molecule has 0 aromatic heterocycles. The van der Waals surface area contributed by atoms with E-state index in [9.17, 15) is 13.6 Å². The molecule has 0 N–H and O–H groups in total. The van der Waals surface area contributed by atoms with Gasteiger partial charge in [0.05, 0.1) is 6.17 Å².